The summed E-state index contributed by atoms with van der Waals surface area (Å²) in [5.74, 6) is 2.89. The zero-order valence-corrected chi connectivity index (χ0v) is 11.9. The van der Waals surface area contributed by atoms with Crippen molar-refractivity contribution in [2.75, 3.05) is 31.9 Å². The van der Waals surface area contributed by atoms with Gasteiger partial charge in [-0.15, -0.1) is 0 Å². The van der Waals surface area contributed by atoms with Gasteiger partial charge in [-0.3, -0.25) is 4.90 Å². The number of hydrogen-bond acceptors (Lipinski definition) is 3. The van der Waals surface area contributed by atoms with Crippen LogP contribution in [-0.4, -0.2) is 47.6 Å². The van der Waals surface area contributed by atoms with E-state index in [1.807, 2.05) is 0 Å². The Morgan fingerprint density at radius 3 is 2.38 bits per heavy atom. The highest BCUT2D eigenvalue weighted by Gasteiger charge is 2.37. The van der Waals surface area contributed by atoms with Crippen LogP contribution in [0.25, 0.3) is 0 Å². The highest BCUT2D eigenvalue weighted by molar-refractivity contribution is 8.00. The Morgan fingerprint density at radius 1 is 1.19 bits per heavy atom. The molecule has 0 aromatic carbocycles. The van der Waals surface area contributed by atoms with Gasteiger partial charge in [0.05, 0.1) is 0 Å². The molecule has 2 fully saturated rings. The molecule has 0 aromatic heterocycles. The fourth-order valence-electron chi connectivity index (χ4n) is 3.37. The van der Waals surface area contributed by atoms with Crippen LogP contribution >= 0.6 is 11.8 Å². The lowest BCUT2D eigenvalue weighted by atomic mass is 9.85. The van der Waals surface area contributed by atoms with Gasteiger partial charge in [-0.05, 0) is 38.8 Å². The van der Waals surface area contributed by atoms with Crippen molar-refractivity contribution in [2.45, 2.75) is 38.5 Å². The van der Waals surface area contributed by atoms with Crippen molar-refractivity contribution >= 4 is 11.8 Å². The van der Waals surface area contributed by atoms with Gasteiger partial charge in [0.2, 0.25) is 0 Å². The van der Waals surface area contributed by atoms with Crippen LogP contribution < -0.4 is 5.32 Å². The van der Waals surface area contributed by atoms with Gasteiger partial charge in [0.1, 0.15) is 0 Å². The van der Waals surface area contributed by atoms with Crippen molar-refractivity contribution in [3.05, 3.63) is 0 Å². The molecule has 2 aliphatic heterocycles. The summed E-state index contributed by atoms with van der Waals surface area (Å²) >= 11 is 2.13. The van der Waals surface area contributed by atoms with Gasteiger partial charge in [0, 0.05) is 29.6 Å². The summed E-state index contributed by atoms with van der Waals surface area (Å²) in [4.78, 5) is 2.76. The molecule has 94 valence electrons. The number of piperidine rings is 1. The third-order valence-electron chi connectivity index (χ3n) is 3.98. The third kappa shape index (κ3) is 2.74. The lowest BCUT2D eigenvalue weighted by molar-refractivity contribution is 0.0749. The second-order valence-corrected chi connectivity index (χ2v) is 7.98. The van der Waals surface area contributed by atoms with Crippen molar-refractivity contribution in [3.63, 3.8) is 0 Å². The quantitative estimate of drug-likeness (QED) is 0.758. The molecule has 2 atom stereocenters. The molecular weight excluding hydrogens is 216 g/mol. The first-order chi connectivity index (χ1) is 7.49. The minimum atomic E-state index is 0.447. The van der Waals surface area contributed by atoms with Gasteiger partial charge in [0.15, 0.2) is 0 Å². The summed E-state index contributed by atoms with van der Waals surface area (Å²) in [6, 6.07) is 0.793. The van der Waals surface area contributed by atoms with Crippen LogP contribution in [0.5, 0.6) is 0 Å². The van der Waals surface area contributed by atoms with Gasteiger partial charge < -0.3 is 5.32 Å². The summed E-state index contributed by atoms with van der Waals surface area (Å²) in [6.07, 6.45) is 0. The molecule has 16 heavy (non-hydrogen) atoms. The molecule has 0 saturated carbocycles. The molecule has 0 bridgehead atoms. The van der Waals surface area contributed by atoms with Crippen LogP contribution in [0, 0.1) is 11.8 Å². The van der Waals surface area contributed by atoms with Gasteiger partial charge in [0.25, 0.3) is 0 Å². The van der Waals surface area contributed by atoms with E-state index in [-0.39, 0.29) is 0 Å². The molecule has 2 unspecified atom stereocenters. The summed E-state index contributed by atoms with van der Waals surface area (Å²) in [6.45, 7) is 14.5. The minimum absolute atomic E-state index is 0.447. The molecule has 0 aliphatic carbocycles. The zero-order valence-electron chi connectivity index (χ0n) is 11.1. The fourth-order valence-corrected chi connectivity index (χ4v) is 4.50. The topological polar surface area (TPSA) is 15.3 Å². The normalized spacial score (nSPS) is 40.9. The molecule has 2 rings (SSSR count). The maximum absolute atomic E-state index is 3.54. The Labute approximate surface area is 105 Å². The van der Waals surface area contributed by atoms with Gasteiger partial charge in [-0.25, -0.2) is 0 Å². The monoisotopic (exact) mass is 242 g/mol. The molecule has 0 radical (unpaired) electrons. The molecule has 2 aliphatic rings. The highest BCUT2D eigenvalue weighted by atomic mass is 32.2. The molecule has 2 heterocycles. The average Bonchev–Trinajstić information content (AvgIpc) is 2.15. The standard InChI is InChI=1S/C13H26N2S/c1-10-7-14-8-11(2)12(10)15-5-6-16-13(3,4)9-15/h10-12,14H,5-9H2,1-4H3. The smallest absolute Gasteiger partial charge is 0.0231 e. The lowest BCUT2D eigenvalue weighted by Gasteiger charge is -2.48. The summed E-state index contributed by atoms with van der Waals surface area (Å²) < 4.78 is 0.447. The number of nitrogens with one attached hydrogen (secondary N) is 1. The lowest BCUT2D eigenvalue weighted by Crippen LogP contribution is -2.58. The number of hydrogen-bond donors (Lipinski definition) is 1. The Balaban J connectivity index is 2.04. The molecule has 1 N–H and O–H groups in total. The number of rotatable bonds is 1. The van der Waals surface area contributed by atoms with Crippen molar-refractivity contribution in [1.29, 1.82) is 0 Å². The largest absolute Gasteiger partial charge is 0.316 e. The molecule has 0 aromatic rings. The summed E-state index contributed by atoms with van der Waals surface area (Å²) in [5, 5.41) is 3.54. The summed E-state index contributed by atoms with van der Waals surface area (Å²) in [7, 11) is 0. The Hall–Kier alpha value is 0.270. The molecule has 0 spiro atoms. The zero-order chi connectivity index (χ0) is 11.8. The first-order valence-electron chi connectivity index (χ1n) is 6.58. The van der Waals surface area contributed by atoms with E-state index in [4.69, 9.17) is 0 Å². The molecule has 2 saturated heterocycles. The number of thioether (sulfide) groups is 1. The van der Waals surface area contributed by atoms with Crippen LogP contribution in [0.1, 0.15) is 27.7 Å². The van der Waals surface area contributed by atoms with Crippen molar-refractivity contribution in [3.8, 4) is 0 Å². The molecule has 0 amide bonds. The van der Waals surface area contributed by atoms with Crippen LogP contribution in [0.4, 0.5) is 0 Å². The maximum atomic E-state index is 3.54. The molecule has 2 nitrogen and oxygen atoms in total. The average molecular weight is 242 g/mol. The van der Waals surface area contributed by atoms with E-state index in [2.05, 4.69) is 49.7 Å². The van der Waals surface area contributed by atoms with E-state index < -0.39 is 0 Å². The predicted octanol–water partition coefficient (Wildman–Crippen LogP) is 2.06. The van der Waals surface area contributed by atoms with Crippen LogP contribution in [0.2, 0.25) is 0 Å². The van der Waals surface area contributed by atoms with E-state index in [0.717, 1.165) is 17.9 Å². The Morgan fingerprint density at radius 2 is 1.81 bits per heavy atom. The Bertz CT molecular complexity index is 232. The Kier molecular flexibility index (Phi) is 3.87. The van der Waals surface area contributed by atoms with Crippen LogP contribution in [0.15, 0.2) is 0 Å². The first-order valence-corrected chi connectivity index (χ1v) is 7.57. The summed E-state index contributed by atoms with van der Waals surface area (Å²) in [5.41, 5.74) is 0. The predicted molar refractivity (Wildman–Crippen MR) is 73.1 cm³/mol. The second-order valence-electron chi connectivity index (χ2n) is 6.18. The van der Waals surface area contributed by atoms with E-state index in [0.29, 0.717) is 4.75 Å². The second kappa shape index (κ2) is 4.87. The van der Waals surface area contributed by atoms with E-state index in [1.165, 1.54) is 31.9 Å². The van der Waals surface area contributed by atoms with Crippen molar-refractivity contribution < 1.29 is 0 Å². The molecule has 3 heteroatoms. The van der Waals surface area contributed by atoms with Gasteiger partial charge >= 0.3 is 0 Å². The van der Waals surface area contributed by atoms with E-state index in [9.17, 15) is 0 Å². The number of nitrogens with zero attached hydrogens (tertiary/aromatic N) is 1. The van der Waals surface area contributed by atoms with Crippen LogP contribution in [0.3, 0.4) is 0 Å². The van der Waals surface area contributed by atoms with Crippen molar-refractivity contribution in [1.82, 2.24) is 10.2 Å². The van der Waals surface area contributed by atoms with E-state index in [1.54, 1.807) is 0 Å². The van der Waals surface area contributed by atoms with Gasteiger partial charge in [-0.1, -0.05) is 13.8 Å². The van der Waals surface area contributed by atoms with E-state index >= 15 is 0 Å². The molecular formula is C13H26N2S. The van der Waals surface area contributed by atoms with Crippen molar-refractivity contribution in [2.24, 2.45) is 11.8 Å². The van der Waals surface area contributed by atoms with Gasteiger partial charge in [-0.2, -0.15) is 11.8 Å². The third-order valence-corrected chi connectivity index (χ3v) is 5.27. The fraction of sp³-hybridized carbons (Fsp3) is 1.00. The van der Waals surface area contributed by atoms with Crippen LogP contribution in [-0.2, 0) is 0 Å². The minimum Gasteiger partial charge on any atom is -0.316 e. The highest BCUT2D eigenvalue weighted by Crippen LogP contribution is 2.33. The SMILES string of the molecule is CC1CNCC(C)C1N1CCSC(C)(C)C1. The first kappa shape index (κ1) is 12.7. The maximum Gasteiger partial charge on any atom is 0.0231 e.